The molecule has 1 N–H and O–H groups in total. The molecule has 0 saturated heterocycles. The third-order valence-electron chi connectivity index (χ3n) is 3.80. The molecule has 0 fully saturated rings. The van der Waals surface area contributed by atoms with Gasteiger partial charge in [-0.1, -0.05) is 36.7 Å². The van der Waals surface area contributed by atoms with Crippen molar-refractivity contribution in [3.63, 3.8) is 0 Å². The largest absolute Gasteiger partial charge is 0.493 e. The highest BCUT2D eigenvalue weighted by molar-refractivity contribution is 6.31. The molecule has 0 saturated carbocycles. The Morgan fingerprint density at radius 3 is 3.05 bits per heavy atom. The van der Waals surface area contributed by atoms with E-state index in [2.05, 4.69) is 35.4 Å². The molecule has 0 spiro atoms. The van der Waals surface area contributed by atoms with Gasteiger partial charge in [0.2, 0.25) is 0 Å². The maximum atomic E-state index is 6.34. The Hall–Kier alpha value is -1.58. The summed E-state index contributed by atoms with van der Waals surface area (Å²) in [5.41, 5.74) is 3.48. The lowest BCUT2D eigenvalue weighted by Crippen LogP contribution is -2.24. The van der Waals surface area contributed by atoms with Crippen molar-refractivity contribution in [3.05, 3.63) is 58.4 Å². The van der Waals surface area contributed by atoms with Gasteiger partial charge in [-0.3, -0.25) is 4.98 Å². The SMILES string of the molecule is CCNC(c1ccncc1Cl)c1cccc2c1OCCC2. The van der Waals surface area contributed by atoms with Gasteiger partial charge in [-0.25, -0.2) is 0 Å². The van der Waals surface area contributed by atoms with E-state index in [4.69, 9.17) is 16.3 Å². The predicted molar refractivity (Wildman–Crippen MR) is 85.0 cm³/mol. The molecule has 4 heteroatoms. The van der Waals surface area contributed by atoms with Crippen molar-refractivity contribution >= 4 is 11.6 Å². The number of rotatable bonds is 4. The predicted octanol–water partition coefficient (Wildman–Crippen LogP) is 3.76. The van der Waals surface area contributed by atoms with Crippen LogP contribution in [0.25, 0.3) is 0 Å². The average molecular weight is 303 g/mol. The monoisotopic (exact) mass is 302 g/mol. The van der Waals surface area contributed by atoms with E-state index in [1.54, 1.807) is 12.4 Å². The lowest BCUT2D eigenvalue weighted by atomic mass is 9.94. The Bertz CT molecular complexity index is 630. The second kappa shape index (κ2) is 6.46. The van der Waals surface area contributed by atoms with Crippen LogP contribution in [0.5, 0.6) is 5.75 Å². The van der Waals surface area contributed by atoms with Crippen LogP contribution in [0.3, 0.4) is 0 Å². The minimum atomic E-state index is 0.0264. The van der Waals surface area contributed by atoms with Crippen LogP contribution in [0.2, 0.25) is 5.02 Å². The fraction of sp³-hybridized carbons (Fsp3) is 0.353. The smallest absolute Gasteiger partial charge is 0.127 e. The second-order valence-corrected chi connectivity index (χ2v) is 5.58. The number of hydrogen-bond donors (Lipinski definition) is 1. The molecule has 1 aromatic heterocycles. The van der Waals surface area contributed by atoms with Gasteiger partial charge < -0.3 is 10.1 Å². The molecule has 1 atom stereocenters. The highest BCUT2D eigenvalue weighted by atomic mass is 35.5. The van der Waals surface area contributed by atoms with Crippen molar-refractivity contribution < 1.29 is 4.74 Å². The van der Waals surface area contributed by atoms with Crippen molar-refractivity contribution in [2.24, 2.45) is 0 Å². The zero-order valence-corrected chi connectivity index (χ0v) is 12.9. The Morgan fingerprint density at radius 2 is 2.24 bits per heavy atom. The first-order chi connectivity index (χ1) is 10.3. The molecule has 0 amide bonds. The van der Waals surface area contributed by atoms with Crippen LogP contribution in [0.1, 0.15) is 36.1 Å². The maximum absolute atomic E-state index is 6.34. The third kappa shape index (κ3) is 2.89. The summed E-state index contributed by atoms with van der Waals surface area (Å²) >= 11 is 6.34. The van der Waals surface area contributed by atoms with Gasteiger partial charge in [0.05, 0.1) is 17.7 Å². The van der Waals surface area contributed by atoms with Crippen LogP contribution in [-0.4, -0.2) is 18.1 Å². The Kier molecular flexibility index (Phi) is 4.42. The lowest BCUT2D eigenvalue weighted by Gasteiger charge is -2.26. The Morgan fingerprint density at radius 1 is 1.33 bits per heavy atom. The standard InChI is InChI=1S/C17H19ClN2O/c1-2-20-16(13-8-9-19-11-15(13)18)14-7-3-5-12-6-4-10-21-17(12)14/h3,5,7-9,11,16,20H,2,4,6,10H2,1H3. The summed E-state index contributed by atoms with van der Waals surface area (Å²) in [6.45, 7) is 3.73. The second-order valence-electron chi connectivity index (χ2n) is 5.18. The van der Waals surface area contributed by atoms with Gasteiger partial charge in [0.15, 0.2) is 0 Å². The number of benzene rings is 1. The number of halogens is 1. The lowest BCUT2D eigenvalue weighted by molar-refractivity contribution is 0.283. The molecular weight excluding hydrogens is 284 g/mol. The van der Waals surface area contributed by atoms with Crippen molar-refractivity contribution in [2.45, 2.75) is 25.8 Å². The fourth-order valence-corrected chi connectivity index (χ4v) is 3.08. The summed E-state index contributed by atoms with van der Waals surface area (Å²) in [6.07, 6.45) is 5.63. The van der Waals surface area contributed by atoms with Crippen LogP contribution in [0.4, 0.5) is 0 Å². The molecule has 1 unspecified atom stereocenters. The molecule has 2 aromatic rings. The first-order valence-corrected chi connectivity index (χ1v) is 7.76. The number of nitrogens with zero attached hydrogens (tertiary/aromatic N) is 1. The molecule has 1 aliphatic rings. The molecule has 21 heavy (non-hydrogen) atoms. The summed E-state index contributed by atoms with van der Waals surface area (Å²) in [5, 5.41) is 4.19. The van der Waals surface area contributed by atoms with Crippen molar-refractivity contribution in [1.29, 1.82) is 0 Å². The van der Waals surface area contributed by atoms with Gasteiger partial charge >= 0.3 is 0 Å². The van der Waals surface area contributed by atoms with Crippen LogP contribution in [0, 0.1) is 0 Å². The molecule has 110 valence electrons. The molecule has 3 nitrogen and oxygen atoms in total. The first kappa shape index (κ1) is 14.4. The maximum Gasteiger partial charge on any atom is 0.127 e. The highest BCUT2D eigenvalue weighted by Crippen LogP contribution is 2.37. The van der Waals surface area contributed by atoms with Crippen molar-refractivity contribution in [3.8, 4) is 5.75 Å². The zero-order valence-electron chi connectivity index (χ0n) is 12.1. The van der Waals surface area contributed by atoms with E-state index in [0.29, 0.717) is 5.02 Å². The molecule has 0 aliphatic carbocycles. The summed E-state index contributed by atoms with van der Waals surface area (Å²) in [4.78, 5) is 4.08. The van der Waals surface area contributed by atoms with E-state index in [1.165, 1.54) is 5.56 Å². The number of nitrogens with one attached hydrogen (secondary N) is 1. The summed E-state index contributed by atoms with van der Waals surface area (Å²) in [5.74, 6) is 1.02. The van der Waals surface area contributed by atoms with Gasteiger partial charge in [0.1, 0.15) is 5.75 Å². The number of aromatic nitrogens is 1. The molecule has 1 aliphatic heterocycles. The van der Waals surface area contributed by atoms with Crippen LogP contribution < -0.4 is 10.1 Å². The average Bonchev–Trinajstić information content (AvgIpc) is 2.53. The molecule has 0 bridgehead atoms. The van der Waals surface area contributed by atoms with E-state index >= 15 is 0 Å². The third-order valence-corrected chi connectivity index (χ3v) is 4.11. The molecule has 1 aromatic carbocycles. The Labute approximate surface area is 130 Å². The fourth-order valence-electron chi connectivity index (χ4n) is 2.85. The number of ether oxygens (including phenoxy) is 1. The topological polar surface area (TPSA) is 34.2 Å². The summed E-state index contributed by atoms with van der Waals surface area (Å²) in [6, 6.07) is 8.36. The highest BCUT2D eigenvalue weighted by Gasteiger charge is 2.23. The van der Waals surface area contributed by atoms with E-state index in [-0.39, 0.29) is 6.04 Å². The van der Waals surface area contributed by atoms with E-state index < -0.39 is 0 Å². The molecule has 3 rings (SSSR count). The van der Waals surface area contributed by atoms with Crippen LogP contribution in [0.15, 0.2) is 36.7 Å². The summed E-state index contributed by atoms with van der Waals surface area (Å²) < 4.78 is 5.94. The van der Waals surface area contributed by atoms with Crippen molar-refractivity contribution in [1.82, 2.24) is 10.3 Å². The van der Waals surface area contributed by atoms with Crippen LogP contribution in [-0.2, 0) is 6.42 Å². The van der Waals surface area contributed by atoms with Gasteiger partial charge in [0.25, 0.3) is 0 Å². The van der Waals surface area contributed by atoms with Gasteiger partial charge in [0, 0.05) is 18.0 Å². The molecular formula is C17H19ClN2O. The minimum Gasteiger partial charge on any atom is -0.493 e. The number of para-hydroxylation sites is 1. The van der Waals surface area contributed by atoms with Crippen molar-refractivity contribution in [2.75, 3.05) is 13.2 Å². The van der Waals surface area contributed by atoms with E-state index in [0.717, 1.165) is 42.9 Å². The Balaban J connectivity index is 2.08. The van der Waals surface area contributed by atoms with Crippen LogP contribution >= 0.6 is 11.6 Å². The summed E-state index contributed by atoms with van der Waals surface area (Å²) in [7, 11) is 0. The number of aryl methyl sites for hydroxylation is 1. The minimum absolute atomic E-state index is 0.0264. The first-order valence-electron chi connectivity index (χ1n) is 7.38. The van der Waals surface area contributed by atoms with E-state index in [1.807, 2.05) is 6.07 Å². The van der Waals surface area contributed by atoms with Gasteiger partial charge in [-0.15, -0.1) is 0 Å². The molecule has 0 radical (unpaired) electrons. The van der Waals surface area contributed by atoms with Gasteiger partial charge in [-0.05, 0) is 36.6 Å². The normalized spacial score (nSPS) is 15.1. The zero-order chi connectivity index (χ0) is 14.7. The number of hydrogen-bond acceptors (Lipinski definition) is 3. The number of fused-ring (bicyclic) bond motifs is 1. The number of pyridine rings is 1. The molecule has 2 heterocycles. The van der Waals surface area contributed by atoms with Gasteiger partial charge in [-0.2, -0.15) is 0 Å². The quantitative estimate of drug-likeness (QED) is 0.934. The van der Waals surface area contributed by atoms with E-state index in [9.17, 15) is 0 Å².